The molecule has 0 aliphatic carbocycles. The molecule has 1 N–H and O–H groups in total. The highest BCUT2D eigenvalue weighted by atomic mass is 16.3. The molecule has 0 aliphatic rings. The second kappa shape index (κ2) is 4.06. The Morgan fingerprint density at radius 3 is 2.69 bits per heavy atom. The maximum atomic E-state index is 11.1. The molecule has 5 nitrogen and oxygen atoms in total. The summed E-state index contributed by atoms with van der Waals surface area (Å²) in [5, 5.41) is 9.05. The Labute approximate surface area is 91.8 Å². The standard InChI is InChI=1S/C11H9N3O2/c1-7(15)9-4-10(14-6-13-9)8-2-3-11(16)12-5-8/h2-6H,1H3,(H,12,16). The van der Waals surface area contributed by atoms with E-state index in [1.807, 2.05) is 0 Å². The fourth-order valence-corrected chi connectivity index (χ4v) is 1.25. The van der Waals surface area contributed by atoms with Crippen molar-refractivity contribution >= 4 is 5.78 Å². The number of aromatic nitrogens is 3. The number of ketones is 1. The van der Waals surface area contributed by atoms with Crippen LogP contribution in [0.4, 0.5) is 0 Å². The number of hydrogen-bond acceptors (Lipinski definition) is 5. The summed E-state index contributed by atoms with van der Waals surface area (Å²) in [7, 11) is 0. The van der Waals surface area contributed by atoms with Crippen molar-refractivity contribution in [1.82, 2.24) is 15.0 Å². The molecule has 0 radical (unpaired) electrons. The minimum atomic E-state index is -0.115. The van der Waals surface area contributed by atoms with Gasteiger partial charge in [-0.15, -0.1) is 0 Å². The van der Waals surface area contributed by atoms with E-state index in [9.17, 15) is 4.79 Å². The van der Waals surface area contributed by atoms with Crippen LogP contribution in [0, 0.1) is 0 Å². The number of pyridine rings is 1. The fourth-order valence-electron chi connectivity index (χ4n) is 1.25. The summed E-state index contributed by atoms with van der Waals surface area (Å²) in [5.41, 5.74) is 1.69. The normalized spacial score (nSPS) is 10.1. The van der Waals surface area contributed by atoms with Gasteiger partial charge in [-0.05, 0) is 12.1 Å². The Bertz CT molecular complexity index is 523. The first-order chi connectivity index (χ1) is 7.66. The average molecular weight is 215 g/mol. The van der Waals surface area contributed by atoms with Crippen molar-refractivity contribution in [3.63, 3.8) is 0 Å². The second-order valence-electron chi connectivity index (χ2n) is 3.25. The molecular formula is C11H9N3O2. The first kappa shape index (κ1) is 10.2. The van der Waals surface area contributed by atoms with Gasteiger partial charge in [-0.25, -0.2) is 15.0 Å². The Hall–Kier alpha value is -2.30. The van der Waals surface area contributed by atoms with Crippen molar-refractivity contribution in [2.24, 2.45) is 0 Å². The molecule has 0 aromatic carbocycles. The van der Waals surface area contributed by atoms with E-state index < -0.39 is 0 Å². The minimum Gasteiger partial charge on any atom is -0.493 e. The molecule has 2 aromatic rings. The van der Waals surface area contributed by atoms with E-state index in [-0.39, 0.29) is 11.7 Å². The van der Waals surface area contributed by atoms with Gasteiger partial charge in [-0.2, -0.15) is 0 Å². The third-order valence-corrected chi connectivity index (χ3v) is 2.07. The third-order valence-electron chi connectivity index (χ3n) is 2.07. The van der Waals surface area contributed by atoms with Gasteiger partial charge in [0.15, 0.2) is 5.78 Å². The lowest BCUT2D eigenvalue weighted by Crippen LogP contribution is -1.98. The van der Waals surface area contributed by atoms with E-state index in [0.717, 1.165) is 5.56 Å². The number of rotatable bonds is 2. The zero-order valence-electron chi connectivity index (χ0n) is 8.58. The monoisotopic (exact) mass is 215 g/mol. The van der Waals surface area contributed by atoms with Crippen LogP contribution in [-0.2, 0) is 0 Å². The highest BCUT2D eigenvalue weighted by Crippen LogP contribution is 2.17. The molecule has 0 fully saturated rings. The Morgan fingerprint density at radius 1 is 1.25 bits per heavy atom. The van der Waals surface area contributed by atoms with E-state index in [1.165, 1.54) is 25.5 Å². The van der Waals surface area contributed by atoms with Crippen LogP contribution in [-0.4, -0.2) is 25.8 Å². The van der Waals surface area contributed by atoms with Gasteiger partial charge in [-0.1, -0.05) is 0 Å². The highest BCUT2D eigenvalue weighted by molar-refractivity contribution is 5.92. The van der Waals surface area contributed by atoms with Crippen LogP contribution >= 0.6 is 0 Å². The molecule has 5 heteroatoms. The third kappa shape index (κ3) is 2.03. The first-order valence-corrected chi connectivity index (χ1v) is 4.65. The van der Waals surface area contributed by atoms with Crippen molar-refractivity contribution in [1.29, 1.82) is 0 Å². The molecule has 0 saturated heterocycles. The number of Topliss-reactive ketones (excluding diaryl/α,β-unsaturated/α-hetero) is 1. The van der Waals surface area contributed by atoms with E-state index >= 15 is 0 Å². The summed E-state index contributed by atoms with van der Waals surface area (Å²) in [6.07, 6.45) is 2.82. The van der Waals surface area contributed by atoms with Crippen LogP contribution < -0.4 is 0 Å². The van der Waals surface area contributed by atoms with Gasteiger partial charge in [0.1, 0.15) is 12.0 Å². The largest absolute Gasteiger partial charge is 0.493 e. The topological polar surface area (TPSA) is 76.0 Å². The van der Waals surface area contributed by atoms with Gasteiger partial charge >= 0.3 is 0 Å². The maximum absolute atomic E-state index is 11.1. The van der Waals surface area contributed by atoms with Crippen molar-refractivity contribution < 1.29 is 9.90 Å². The molecule has 2 aromatic heterocycles. The minimum absolute atomic E-state index is 0.0513. The quantitative estimate of drug-likeness (QED) is 0.767. The molecule has 2 rings (SSSR count). The zero-order valence-corrected chi connectivity index (χ0v) is 8.58. The Kier molecular flexibility index (Phi) is 2.59. The molecule has 0 bridgehead atoms. The molecular weight excluding hydrogens is 206 g/mol. The molecule has 80 valence electrons. The first-order valence-electron chi connectivity index (χ1n) is 4.65. The van der Waals surface area contributed by atoms with Gasteiger partial charge in [0.2, 0.25) is 5.88 Å². The lowest BCUT2D eigenvalue weighted by atomic mass is 10.1. The maximum Gasteiger partial charge on any atom is 0.210 e. The average Bonchev–Trinajstić information content (AvgIpc) is 2.30. The van der Waals surface area contributed by atoms with Crippen LogP contribution in [0.25, 0.3) is 11.3 Å². The van der Waals surface area contributed by atoms with Crippen molar-refractivity contribution in [2.75, 3.05) is 0 Å². The van der Waals surface area contributed by atoms with Gasteiger partial charge in [0.25, 0.3) is 0 Å². The second-order valence-corrected chi connectivity index (χ2v) is 3.25. The number of carbonyl (C=O) groups is 1. The fraction of sp³-hybridized carbons (Fsp3) is 0.0909. The van der Waals surface area contributed by atoms with Gasteiger partial charge in [0, 0.05) is 24.8 Å². The molecule has 0 unspecified atom stereocenters. The molecule has 0 atom stereocenters. The van der Waals surface area contributed by atoms with Crippen molar-refractivity contribution in [2.45, 2.75) is 6.92 Å². The van der Waals surface area contributed by atoms with Gasteiger partial charge in [-0.3, -0.25) is 4.79 Å². The molecule has 16 heavy (non-hydrogen) atoms. The lowest BCUT2D eigenvalue weighted by molar-refractivity contribution is 0.101. The van der Waals surface area contributed by atoms with Crippen LogP contribution in [0.1, 0.15) is 17.4 Å². The zero-order chi connectivity index (χ0) is 11.5. The molecule has 0 aliphatic heterocycles. The predicted molar refractivity (Wildman–Crippen MR) is 56.9 cm³/mol. The Balaban J connectivity index is 2.44. The number of nitrogens with zero attached hydrogens (tertiary/aromatic N) is 3. The van der Waals surface area contributed by atoms with E-state index in [4.69, 9.17) is 5.11 Å². The van der Waals surface area contributed by atoms with Crippen molar-refractivity contribution in [3.8, 4) is 17.1 Å². The summed E-state index contributed by atoms with van der Waals surface area (Å²) < 4.78 is 0. The van der Waals surface area contributed by atoms with Gasteiger partial charge < -0.3 is 5.11 Å². The number of aromatic hydroxyl groups is 1. The summed E-state index contributed by atoms with van der Waals surface area (Å²) in [6.45, 7) is 1.45. The van der Waals surface area contributed by atoms with Crippen LogP contribution in [0.3, 0.4) is 0 Å². The Morgan fingerprint density at radius 2 is 2.06 bits per heavy atom. The predicted octanol–water partition coefficient (Wildman–Crippen LogP) is 1.45. The molecule has 0 spiro atoms. The lowest BCUT2D eigenvalue weighted by Gasteiger charge is -2.01. The molecule has 0 saturated carbocycles. The van der Waals surface area contributed by atoms with E-state index in [1.54, 1.807) is 12.1 Å². The number of hydrogen-bond donors (Lipinski definition) is 1. The van der Waals surface area contributed by atoms with E-state index in [2.05, 4.69) is 15.0 Å². The van der Waals surface area contributed by atoms with Crippen LogP contribution in [0.15, 0.2) is 30.7 Å². The number of carbonyl (C=O) groups excluding carboxylic acids is 1. The molecule has 2 heterocycles. The summed E-state index contributed by atoms with van der Waals surface area (Å²) >= 11 is 0. The summed E-state index contributed by atoms with van der Waals surface area (Å²) in [5.74, 6) is -0.167. The smallest absolute Gasteiger partial charge is 0.210 e. The molecule has 0 amide bonds. The highest BCUT2D eigenvalue weighted by Gasteiger charge is 2.05. The summed E-state index contributed by atoms with van der Waals surface area (Å²) in [6, 6.07) is 4.73. The van der Waals surface area contributed by atoms with Crippen LogP contribution in [0.5, 0.6) is 5.88 Å². The SMILES string of the molecule is CC(=O)c1cc(-c2ccc(O)nc2)ncn1. The van der Waals surface area contributed by atoms with Crippen molar-refractivity contribution in [3.05, 3.63) is 36.4 Å². The van der Waals surface area contributed by atoms with E-state index in [0.29, 0.717) is 11.4 Å². The van der Waals surface area contributed by atoms with Gasteiger partial charge in [0.05, 0.1) is 5.69 Å². The summed E-state index contributed by atoms with van der Waals surface area (Å²) in [4.78, 5) is 22.8. The van der Waals surface area contributed by atoms with Crippen LogP contribution in [0.2, 0.25) is 0 Å².